The van der Waals surface area contributed by atoms with Crippen LogP contribution in [0.15, 0.2) is 89.4 Å². The van der Waals surface area contributed by atoms with Crippen molar-refractivity contribution in [2.24, 2.45) is 11.8 Å². The number of aliphatic hydroxyl groups excluding tert-OH is 1. The molecule has 0 saturated heterocycles. The van der Waals surface area contributed by atoms with Crippen molar-refractivity contribution in [3.8, 4) is 22.5 Å². The molecule has 5 nitrogen and oxygen atoms in total. The number of hydrogen-bond donors (Lipinski definition) is 1. The van der Waals surface area contributed by atoms with Crippen LogP contribution in [0.5, 0.6) is 0 Å². The second-order valence-electron chi connectivity index (χ2n) is 12.3. The first kappa shape index (κ1) is 35.9. The quantitative estimate of drug-likeness (QED) is 0.0916. The van der Waals surface area contributed by atoms with Gasteiger partial charge in [-0.15, -0.1) is 29.1 Å². The maximum Gasteiger partial charge on any atom is 0.162 e. The molecule has 0 bridgehead atoms. The van der Waals surface area contributed by atoms with Crippen molar-refractivity contribution >= 4 is 27.7 Å². The van der Waals surface area contributed by atoms with Gasteiger partial charge in [-0.2, -0.15) is 0 Å². The van der Waals surface area contributed by atoms with Crippen LogP contribution in [0.25, 0.3) is 44.4 Å². The molecule has 0 aliphatic heterocycles. The fourth-order valence-electron chi connectivity index (χ4n) is 5.52. The number of aromatic nitrogens is 2. The average Bonchev–Trinajstić information content (AvgIpc) is 3.50. The molecule has 2 aromatic carbocycles. The topological polar surface area (TPSA) is 76.2 Å². The van der Waals surface area contributed by atoms with Crippen molar-refractivity contribution in [2.45, 2.75) is 79.6 Å². The minimum Gasteiger partial charge on any atom is -0.512 e. The van der Waals surface area contributed by atoms with E-state index in [-0.39, 0.29) is 48.9 Å². The molecule has 5 rings (SSSR count). The zero-order valence-electron chi connectivity index (χ0n) is 27.5. The van der Waals surface area contributed by atoms with E-state index in [0.717, 1.165) is 64.7 Å². The van der Waals surface area contributed by atoms with Crippen LogP contribution in [-0.2, 0) is 30.3 Å². The van der Waals surface area contributed by atoms with E-state index in [1.807, 2.05) is 58.2 Å². The van der Waals surface area contributed by atoms with Gasteiger partial charge in [0.05, 0.1) is 17.7 Å². The summed E-state index contributed by atoms with van der Waals surface area (Å²) < 4.78 is 5.41. The molecule has 1 N–H and O–H groups in total. The molecule has 0 amide bonds. The summed E-state index contributed by atoms with van der Waals surface area (Å²) in [7, 11) is 0. The number of allylic oxidation sites excluding steroid dienone is 2. The molecule has 0 saturated carbocycles. The van der Waals surface area contributed by atoms with Gasteiger partial charge in [-0.05, 0) is 54.9 Å². The van der Waals surface area contributed by atoms with Crippen LogP contribution in [0, 0.1) is 17.9 Å². The summed E-state index contributed by atoms with van der Waals surface area (Å²) in [6, 6.07) is 24.1. The molecule has 0 fully saturated rings. The van der Waals surface area contributed by atoms with Crippen LogP contribution >= 0.6 is 0 Å². The second kappa shape index (κ2) is 16.1. The fourth-order valence-corrected chi connectivity index (χ4v) is 5.52. The second-order valence-corrected chi connectivity index (χ2v) is 12.3. The molecule has 3 heterocycles. The third kappa shape index (κ3) is 8.77. The first-order valence-electron chi connectivity index (χ1n) is 15.8. The first-order chi connectivity index (χ1) is 21.1. The summed E-state index contributed by atoms with van der Waals surface area (Å²) in [6.45, 7) is 14.8. The van der Waals surface area contributed by atoms with E-state index >= 15 is 0 Å². The molecule has 0 unspecified atom stereocenters. The van der Waals surface area contributed by atoms with Gasteiger partial charge in [-0.25, -0.2) is 4.98 Å². The van der Waals surface area contributed by atoms with Gasteiger partial charge in [0.25, 0.3) is 0 Å². The predicted octanol–water partition coefficient (Wildman–Crippen LogP) is 10.7. The number of fused-ring (bicyclic) bond motifs is 2. The number of benzene rings is 2. The van der Waals surface area contributed by atoms with Gasteiger partial charge >= 0.3 is 0 Å². The molecule has 239 valence electrons. The van der Waals surface area contributed by atoms with Crippen molar-refractivity contribution in [1.29, 1.82) is 0 Å². The van der Waals surface area contributed by atoms with Gasteiger partial charge in [0.2, 0.25) is 0 Å². The minimum absolute atomic E-state index is 0. The Hall–Kier alpha value is -3.60. The SMILES string of the molecule is CC(C)(C)c1cc(-c2cc(-c3ccc4occc4n3)ccn2)[c-]c2ccccc12.CCC(CC)C(=O)/C=C(\O)C(CC)CC.[Ir]. The Morgan fingerprint density at radius 2 is 1.60 bits per heavy atom. The summed E-state index contributed by atoms with van der Waals surface area (Å²) in [5.74, 6) is 0.547. The number of pyridine rings is 2. The van der Waals surface area contributed by atoms with Gasteiger partial charge in [-0.1, -0.05) is 83.7 Å². The number of aliphatic hydroxyl groups is 1. The molecule has 0 aliphatic rings. The number of nitrogens with zero attached hydrogens (tertiary/aromatic N) is 2. The van der Waals surface area contributed by atoms with Crippen LogP contribution < -0.4 is 0 Å². The Bertz CT molecular complexity index is 1740. The molecule has 45 heavy (non-hydrogen) atoms. The van der Waals surface area contributed by atoms with Crippen molar-refractivity contribution in [3.63, 3.8) is 0 Å². The average molecular weight is 782 g/mol. The molecular formula is C39H45IrN2O3-. The summed E-state index contributed by atoms with van der Waals surface area (Å²) >= 11 is 0. The Morgan fingerprint density at radius 3 is 2.27 bits per heavy atom. The van der Waals surface area contributed by atoms with Crippen molar-refractivity contribution in [1.82, 2.24) is 9.97 Å². The van der Waals surface area contributed by atoms with Gasteiger partial charge in [-0.3, -0.25) is 9.78 Å². The van der Waals surface area contributed by atoms with Gasteiger partial charge in [0.15, 0.2) is 11.4 Å². The third-order valence-corrected chi connectivity index (χ3v) is 8.30. The number of rotatable bonds is 9. The first-order valence-corrected chi connectivity index (χ1v) is 15.8. The van der Waals surface area contributed by atoms with E-state index in [9.17, 15) is 9.90 Å². The third-order valence-electron chi connectivity index (χ3n) is 8.30. The van der Waals surface area contributed by atoms with Crippen molar-refractivity contribution in [3.05, 3.63) is 96.6 Å². The van der Waals surface area contributed by atoms with Crippen LogP contribution in [0.4, 0.5) is 0 Å². The molecule has 6 heteroatoms. The van der Waals surface area contributed by atoms with Crippen LogP contribution in [0.3, 0.4) is 0 Å². The van der Waals surface area contributed by atoms with E-state index in [1.54, 1.807) is 6.26 Å². The summed E-state index contributed by atoms with van der Waals surface area (Å²) in [5, 5.41) is 12.1. The molecule has 0 atom stereocenters. The van der Waals surface area contributed by atoms with E-state index in [2.05, 4.69) is 68.2 Å². The number of furan rings is 1. The van der Waals surface area contributed by atoms with Crippen LogP contribution in [-0.4, -0.2) is 20.9 Å². The monoisotopic (exact) mass is 782 g/mol. The summed E-state index contributed by atoms with van der Waals surface area (Å²) in [4.78, 5) is 21.1. The number of carbonyl (C=O) groups is 1. The van der Waals surface area contributed by atoms with Crippen molar-refractivity contribution in [2.75, 3.05) is 0 Å². The van der Waals surface area contributed by atoms with E-state index in [4.69, 9.17) is 9.40 Å². The number of carbonyl (C=O) groups excluding carboxylic acids is 1. The number of hydrogen-bond acceptors (Lipinski definition) is 5. The standard InChI is InChI=1S/C26H21N2O.C13H24O2.Ir/c1-26(2,3)21-15-19(14-17-6-4-5-7-20(17)21)24-16-18(10-12-27-24)22-8-9-25-23(28-22)11-13-29-25;1-5-10(6-2)12(14)9-13(15)11(7-3)8-4;/h4-13,15-16H,1-3H3;9-11,14H,5-8H2,1-4H3;/q-1;;/b;12-9-;. The summed E-state index contributed by atoms with van der Waals surface area (Å²) in [6.07, 6.45) is 8.41. The van der Waals surface area contributed by atoms with Crippen LogP contribution in [0.1, 0.15) is 79.7 Å². The maximum absolute atomic E-state index is 11.7. The van der Waals surface area contributed by atoms with E-state index in [0.29, 0.717) is 0 Å². The Morgan fingerprint density at radius 1 is 0.911 bits per heavy atom. The van der Waals surface area contributed by atoms with Crippen LogP contribution in [0.2, 0.25) is 0 Å². The Balaban J connectivity index is 0.000000297. The van der Waals surface area contributed by atoms with Gasteiger partial charge in [0, 0.05) is 56.0 Å². The smallest absolute Gasteiger partial charge is 0.162 e. The zero-order chi connectivity index (χ0) is 31.9. The molecule has 3 aromatic heterocycles. The number of ketones is 1. The zero-order valence-corrected chi connectivity index (χ0v) is 29.9. The summed E-state index contributed by atoms with van der Waals surface area (Å²) in [5.41, 5.74) is 6.79. The molecular weight excluding hydrogens is 737 g/mol. The molecule has 0 spiro atoms. The van der Waals surface area contributed by atoms with Gasteiger partial charge in [0.1, 0.15) is 5.52 Å². The normalized spacial score (nSPS) is 11.9. The molecule has 1 radical (unpaired) electrons. The molecule has 5 aromatic rings. The Labute approximate surface area is 281 Å². The Kier molecular flexibility index (Phi) is 12.8. The largest absolute Gasteiger partial charge is 0.512 e. The van der Waals surface area contributed by atoms with E-state index in [1.165, 1.54) is 17.0 Å². The predicted molar refractivity (Wildman–Crippen MR) is 182 cm³/mol. The molecule has 0 aliphatic carbocycles. The van der Waals surface area contributed by atoms with Crippen molar-refractivity contribution < 1.29 is 34.4 Å². The maximum atomic E-state index is 11.7. The van der Waals surface area contributed by atoms with E-state index < -0.39 is 0 Å². The minimum atomic E-state index is 0. The fraction of sp³-hybridized carbons (Fsp3) is 0.359. The van der Waals surface area contributed by atoms with Gasteiger partial charge < -0.3 is 9.52 Å².